The van der Waals surface area contributed by atoms with Crippen LogP contribution in [0.15, 0.2) is 53.6 Å². The SMILES string of the molecule is O=C(CN1C(=O)/C(=C/c2ccc(F)cc2)SC1=S)NCCc1c[nH]c2ccc(Cl)cc12. The summed E-state index contributed by atoms with van der Waals surface area (Å²) in [7, 11) is 0. The highest BCUT2D eigenvalue weighted by atomic mass is 35.5. The van der Waals surface area contributed by atoms with Gasteiger partial charge in [-0.3, -0.25) is 14.5 Å². The van der Waals surface area contributed by atoms with Gasteiger partial charge in [0.05, 0.1) is 4.91 Å². The van der Waals surface area contributed by atoms with Crippen molar-refractivity contribution in [2.75, 3.05) is 13.1 Å². The van der Waals surface area contributed by atoms with Gasteiger partial charge in [-0.2, -0.15) is 0 Å². The Morgan fingerprint density at radius 2 is 2.03 bits per heavy atom. The molecule has 0 bridgehead atoms. The van der Waals surface area contributed by atoms with Crippen LogP contribution in [0.25, 0.3) is 17.0 Å². The summed E-state index contributed by atoms with van der Waals surface area (Å²) in [5.74, 6) is -0.977. The number of thiocarbonyl (C=S) groups is 1. The fraction of sp³-hybridized carbons (Fsp3) is 0.136. The summed E-state index contributed by atoms with van der Waals surface area (Å²) in [6, 6.07) is 11.4. The zero-order chi connectivity index (χ0) is 22.0. The van der Waals surface area contributed by atoms with E-state index >= 15 is 0 Å². The lowest BCUT2D eigenvalue weighted by atomic mass is 10.1. The molecule has 2 amide bonds. The van der Waals surface area contributed by atoms with Crippen LogP contribution in [0.1, 0.15) is 11.1 Å². The third kappa shape index (κ3) is 4.98. The van der Waals surface area contributed by atoms with E-state index in [9.17, 15) is 14.0 Å². The van der Waals surface area contributed by atoms with E-state index in [0.29, 0.717) is 32.8 Å². The first-order valence-electron chi connectivity index (χ1n) is 9.44. The fourth-order valence-electron chi connectivity index (χ4n) is 3.24. The number of benzene rings is 2. The summed E-state index contributed by atoms with van der Waals surface area (Å²) in [6.45, 7) is 0.268. The maximum absolute atomic E-state index is 13.1. The zero-order valence-electron chi connectivity index (χ0n) is 16.2. The lowest BCUT2D eigenvalue weighted by Crippen LogP contribution is -2.40. The van der Waals surface area contributed by atoms with Crippen LogP contribution in [0.2, 0.25) is 5.02 Å². The van der Waals surface area contributed by atoms with E-state index in [4.69, 9.17) is 23.8 Å². The molecule has 9 heteroatoms. The first kappa shape index (κ1) is 21.5. The van der Waals surface area contributed by atoms with Gasteiger partial charge in [-0.25, -0.2) is 4.39 Å². The number of aromatic amines is 1. The van der Waals surface area contributed by atoms with E-state index in [0.717, 1.165) is 28.2 Å². The largest absolute Gasteiger partial charge is 0.361 e. The quantitative estimate of drug-likeness (QED) is 0.408. The van der Waals surface area contributed by atoms with Crippen molar-refractivity contribution in [2.45, 2.75) is 6.42 Å². The minimum atomic E-state index is -0.350. The highest BCUT2D eigenvalue weighted by Gasteiger charge is 2.33. The number of hydrogen-bond acceptors (Lipinski definition) is 4. The van der Waals surface area contributed by atoms with E-state index < -0.39 is 0 Å². The van der Waals surface area contributed by atoms with Crippen molar-refractivity contribution in [1.29, 1.82) is 0 Å². The van der Waals surface area contributed by atoms with Gasteiger partial charge in [-0.1, -0.05) is 47.7 Å². The molecule has 1 aliphatic heterocycles. The van der Waals surface area contributed by atoms with Crippen LogP contribution in [-0.2, 0) is 16.0 Å². The zero-order valence-corrected chi connectivity index (χ0v) is 18.5. The van der Waals surface area contributed by atoms with Crippen LogP contribution >= 0.6 is 35.6 Å². The summed E-state index contributed by atoms with van der Waals surface area (Å²) >= 11 is 12.5. The van der Waals surface area contributed by atoms with Crippen LogP contribution in [0.5, 0.6) is 0 Å². The molecule has 2 aromatic carbocycles. The molecule has 0 saturated carbocycles. The molecule has 0 radical (unpaired) electrons. The molecule has 0 unspecified atom stereocenters. The van der Waals surface area contributed by atoms with Gasteiger partial charge in [-0.05, 0) is 54.0 Å². The molecule has 0 atom stereocenters. The van der Waals surface area contributed by atoms with Gasteiger partial charge in [0.25, 0.3) is 5.91 Å². The van der Waals surface area contributed by atoms with E-state index in [1.54, 1.807) is 18.2 Å². The fourth-order valence-corrected chi connectivity index (χ4v) is 4.67. The number of carbonyl (C=O) groups is 2. The highest BCUT2D eigenvalue weighted by molar-refractivity contribution is 8.26. The molecule has 4 rings (SSSR count). The van der Waals surface area contributed by atoms with Gasteiger partial charge in [-0.15, -0.1) is 0 Å². The molecular formula is C22H17ClFN3O2S2. The Bertz CT molecular complexity index is 1210. The summed E-state index contributed by atoms with van der Waals surface area (Å²) in [4.78, 5) is 29.9. The van der Waals surface area contributed by atoms with E-state index in [1.165, 1.54) is 17.0 Å². The maximum atomic E-state index is 13.1. The second kappa shape index (κ2) is 9.21. The maximum Gasteiger partial charge on any atom is 0.266 e. The summed E-state index contributed by atoms with van der Waals surface area (Å²) in [5.41, 5.74) is 2.71. The lowest BCUT2D eigenvalue weighted by Gasteiger charge is -2.14. The third-order valence-electron chi connectivity index (χ3n) is 4.79. The number of thioether (sulfide) groups is 1. The summed E-state index contributed by atoms with van der Waals surface area (Å²) in [5, 5.41) is 4.50. The Morgan fingerprint density at radius 3 is 2.81 bits per heavy atom. The summed E-state index contributed by atoms with van der Waals surface area (Å²) < 4.78 is 13.4. The molecule has 0 aliphatic carbocycles. The molecule has 1 saturated heterocycles. The Morgan fingerprint density at radius 1 is 1.26 bits per heavy atom. The molecule has 3 aromatic rings. The van der Waals surface area contributed by atoms with Crippen molar-refractivity contribution in [3.63, 3.8) is 0 Å². The van der Waals surface area contributed by atoms with Crippen molar-refractivity contribution >= 4 is 68.7 Å². The Kier molecular flexibility index (Phi) is 6.41. The molecule has 1 fully saturated rings. The van der Waals surface area contributed by atoms with Gasteiger partial charge in [0.15, 0.2) is 0 Å². The van der Waals surface area contributed by atoms with Gasteiger partial charge in [0, 0.05) is 28.7 Å². The number of aromatic nitrogens is 1. The van der Waals surface area contributed by atoms with Crippen molar-refractivity contribution in [1.82, 2.24) is 15.2 Å². The number of fused-ring (bicyclic) bond motifs is 1. The Balaban J connectivity index is 1.33. The highest BCUT2D eigenvalue weighted by Crippen LogP contribution is 2.32. The second-order valence-corrected chi connectivity index (χ2v) is 9.04. The molecule has 1 aliphatic rings. The number of H-pyrrole nitrogens is 1. The second-order valence-electron chi connectivity index (χ2n) is 6.92. The van der Waals surface area contributed by atoms with E-state index in [1.807, 2.05) is 24.4 Å². The smallest absolute Gasteiger partial charge is 0.266 e. The first-order valence-corrected chi connectivity index (χ1v) is 11.0. The lowest BCUT2D eigenvalue weighted by molar-refractivity contribution is -0.128. The molecule has 158 valence electrons. The van der Waals surface area contributed by atoms with Crippen molar-refractivity contribution in [3.8, 4) is 0 Å². The van der Waals surface area contributed by atoms with Crippen LogP contribution in [0, 0.1) is 5.82 Å². The predicted octanol–water partition coefficient (Wildman–Crippen LogP) is 4.52. The number of halogens is 2. The van der Waals surface area contributed by atoms with E-state index in [-0.39, 0.29) is 24.2 Å². The molecule has 0 spiro atoms. The molecule has 2 heterocycles. The number of nitrogens with zero attached hydrogens (tertiary/aromatic N) is 1. The molecule has 5 nitrogen and oxygen atoms in total. The van der Waals surface area contributed by atoms with Crippen LogP contribution < -0.4 is 5.32 Å². The number of hydrogen-bond donors (Lipinski definition) is 2. The van der Waals surface area contributed by atoms with Gasteiger partial charge >= 0.3 is 0 Å². The minimum absolute atomic E-state index is 0.148. The Hall–Kier alpha value is -2.68. The monoisotopic (exact) mass is 473 g/mol. The van der Waals surface area contributed by atoms with Gasteiger partial charge in [0.1, 0.15) is 16.7 Å². The number of rotatable bonds is 6. The minimum Gasteiger partial charge on any atom is -0.361 e. The normalized spacial score (nSPS) is 15.3. The molecular weight excluding hydrogens is 457 g/mol. The molecule has 2 N–H and O–H groups in total. The topological polar surface area (TPSA) is 65.2 Å². The average molecular weight is 474 g/mol. The predicted molar refractivity (Wildman–Crippen MR) is 126 cm³/mol. The molecule has 31 heavy (non-hydrogen) atoms. The van der Waals surface area contributed by atoms with Crippen molar-refractivity contribution in [2.24, 2.45) is 0 Å². The van der Waals surface area contributed by atoms with E-state index in [2.05, 4.69) is 10.3 Å². The van der Waals surface area contributed by atoms with Crippen LogP contribution in [-0.4, -0.2) is 39.1 Å². The van der Waals surface area contributed by atoms with Crippen molar-refractivity contribution < 1.29 is 14.0 Å². The Labute approximate surface area is 192 Å². The number of nitrogens with one attached hydrogen (secondary N) is 2. The van der Waals surface area contributed by atoms with Gasteiger partial charge < -0.3 is 10.3 Å². The average Bonchev–Trinajstić information content (AvgIpc) is 3.25. The third-order valence-corrected chi connectivity index (χ3v) is 6.40. The van der Waals surface area contributed by atoms with Crippen LogP contribution in [0.4, 0.5) is 4.39 Å². The van der Waals surface area contributed by atoms with Crippen LogP contribution in [0.3, 0.4) is 0 Å². The number of amides is 2. The first-order chi connectivity index (χ1) is 14.9. The standard InChI is InChI=1S/C22H17ClFN3O2S2/c23-15-3-6-18-17(10-15)14(11-26-18)7-8-25-20(28)12-27-21(29)19(31-22(27)30)9-13-1-4-16(24)5-2-13/h1-6,9-11,26H,7-8,12H2,(H,25,28)/b19-9-. The van der Waals surface area contributed by atoms with Crippen molar-refractivity contribution in [3.05, 3.63) is 75.5 Å². The number of carbonyl (C=O) groups excluding carboxylic acids is 2. The van der Waals surface area contributed by atoms with Gasteiger partial charge in [0.2, 0.25) is 5.91 Å². The summed E-state index contributed by atoms with van der Waals surface area (Å²) in [6.07, 6.45) is 4.16. The molecule has 1 aromatic heterocycles.